The first-order valence-electron chi connectivity index (χ1n) is 4.95. The summed E-state index contributed by atoms with van der Waals surface area (Å²) < 4.78 is 5.08. The summed E-state index contributed by atoms with van der Waals surface area (Å²) in [6, 6.07) is 0.0389. The van der Waals surface area contributed by atoms with Crippen molar-refractivity contribution in [1.82, 2.24) is 5.32 Å². The summed E-state index contributed by atoms with van der Waals surface area (Å²) in [4.78, 5) is 11.2. The fourth-order valence-electron chi connectivity index (χ4n) is 0.978. The molecule has 0 aliphatic carbocycles. The van der Waals surface area contributed by atoms with E-state index in [4.69, 9.17) is 9.84 Å². The second kappa shape index (κ2) is 5.86. The van der Waals surface area contributed by atoms with Gasteiger partial charge in [-0.15, -0.1) is 0 Å². The number of aliphatic hydroxyl groups excluding tert-OH is 1. The van der Waals surface area contributed by atoms with Gasteiger partial charge < -0.3 is 15.2 Å². The molecule has 0 saturated heterocycles. The van der Waals surface area contributed by atoms with Crippen LogP contribution in [0.2, 0.25) is 0 Å². The normalized spacial score (nSPS) is 13.5. The van der Waals surface area contributed by atoms with Crippen LogP contribution in [0.3, 0.4) is 0 Å². The first-order valence-corrected chi connectivity index (χ1v) is 4.95. The van der Waals surface area contributed by atoms with Gasteiger partial charge in [0.2, 0.25) is 0 Å². The Morgan fingerprint density at radius 2 is 2.07 bits per heavy atom. The van der Waals surface area contributed by atoms with Crippen LogP contribution >= 0.6 is 0 Å². The zero-order valence-electron chi connectivity index (χ0n) is 9.46. The van der Waals surface area contributed by atoms with Gasteiger partial charge in [-0.1, -0.05) is 0 Å². The van der Waals surface area contributed by atoms with E-state index in [1.807, 2.05) is 27.7 Å². The van der Waals surface area contributed by atoms with Crippen molar-refractivity contribution in [3.8, 4) is 0 Å². The number of hydrogen-bond acceptors (Lipinski definition) is 3. The molecule has 0 aromatic carbocycles. The summed E-state index contributed by atoms with van der Waals surface area (Å²) in [6.07, 6.45) is 1.05. The Hall–Kier alpha value is -0.770. The minimum atomic E-state index is -0.458. The molecule has 84 valence electrons. The van der Waals surface area contributed by atoms with E-state index in [1.165, 1.54) is 0 Å². The van der Waals surface area contributed by atoms with Crippen LogP contribution in [0.15, 0.2) is 0 Å². The fourth-order valence-corrected chi connectivity index (χ4v) is 0.978. The first-order chi connectivity index (χ1) is 6.35. The number of ether oxygens (including phenoxy) is 1. The summed E-state index contributed by atoms with van der Waals surface area (Å²) >= 11 is 0. The molecule has 0 heterocycles. The number of carbonyl (C=O) groups is 1. The highest BCUT2D eigenvalue weighted by molar-refractivity contribution is 5.67. The van der Waals surface area contributed by atoms with E-state index < -0.39 is 11.7 Å². The Labute approximate surface area is 85.6 Å². The molecule has 0 aliphatic heterocycles. The Bertz CT molecular complexity index is 175. The van der Waals surface area contributed by atoms with E-state index in [2.05, 4.69) is 5.32 Å². The van der Waals surface area contributed by atoms with Gasteiger partial charge in [-0.05, 0) is 40.5 Å². The standard InChI is InChI=1S/C10H21NO3/c1-8(6-5-7-12)11-9(13)14-10(2,3)4/h8,12H,5-7H2,1-4H3,(H,11,13)/t8-/m0/s1. The van der Waals surface area contributed by atoms with Gasteiger partial charge in [-0.2, -0.15) is 0 Å². The number of aliphatic hydroxyl groups is 1. The molecule has 0 saturated carbocycles. The lowest BCUT2D eigenvalue weighted by Crippen LogP contribution is -2.37. The fraction of sp³-hybridized carbons (Fsp3) is 0.900. The third-order valence-corrected chi connectivity index (χ3v) is 1.56. The summed E-state index contributed by atoms with van der Waals surface area (Å²) in [5.41, 5.74) is -0.458. The van der Waals surface area contributed by atoms with Crippen molar-refractivity contribution in [2.24, 2.45) is 0 Å². The van der Waals surface area contributed by atoms with Gasteiger partial charge in [-0.3, -0.25) is 0 Å². The molecule has 0 bridgehead atoms. The highest BCUT2D eigenvalue weighted by atomic mass is 16.6. The van der Waals surface area contributed by atoms with Crippen molar-refractivity contribution in [3.05, 3.63) is 0 Å². The van der Waals surface area contributed by atoms with Crippen LogP contribution < -0.4 is 5.32 Å². The van der Waals surface area contributed by atoms with Crippen molar-refractivity contribution >= 4 is 6.09 Å². The predicted octanol–water partition coefficient (Wildman–Crippen LogP) is 1.67. The molecule has 1 amide bonds. The predicted molar refractivity (Wildman–Crippen MR) is 55.2 cm³/mol. The largest absolute Gasteiger partial charge is 0.444 e. The highest BCUT2D eigenvalue weighted by Gasteiger charge is 2.17. The van der Waals surface area contributed by atoms with E-state index in [0.717, 1.165) is 6.42 Å². The minimum Gasteiger partial charge on any atom is -0.444 e. The quantitative estimate of drug-likeness (QED) is 0.730. The van der Waals surface area contributed by atoms with Gasteiger partial charge in [0.1, 0.15) is 5.60 Å². The van der Waals surface area contributed by atoms with Crippen LogP contribution in [0.5, 0.6) is 0 Å². The lowest BCUT2D eigenvalue weighted by Gasteiger charge is -2.21. The van der Waals surface area contributed by atoms with Crippen molar-refractivity contribution in [1.29, 1.82) is 0 Å². The number of alkyl carbamates (subject to hydrolysis) is 1. The van der Waals surface area contributed by atoms with Gasteiger partial charge in [0.15, 0.2) is 0 Å². The second-order valence-corrected chi connectivity index (χ2v) is 4.41. The topological polar surface area (TPSA) is 58.6 Å². The maximum Gasteiger partial charge on any atom is 0.407 e. The monoisotopic (exact) mass is 203 g/mol. The summed E-state index contributed by atoms with van der Waals surface area (Å²) in [6.45, 7) is 7.51. The molecule has 0 spiro atoms. The molecule has 0 fully saturated rings. The van der Waals surface area contributed by atoms with Crippen molar-refractivity contribution in [2.75, 3.05) is 6.61 Å². The Morgan fingerprint density at radius 3 is 2.50 bits per heavy atom. The number of amides is 1. The molecule has 2 N–H and O–H groups in total. The molecule has 1 atom stereocenters. The molecular weight excluding hydrogens is 182 g/mol. The highest BCUT2D eigenvalue weighted by Crippen LogP contribution is 2.07. The number of hydrogen-bond donors (Lipinski definition) is 2. The first kappa shape index (κ1) is 13.2. The maximum atomic E-state index is 11.2. The smallest absolute Gasteiger partial charge is 0.407 e. The molecular formula is C10H21NO3. The van der Waals surface area contributed by atoms with Crippen LogP contribution in [-0.4, -0.2) is 29.4 Å². The minimum absolute atomic E-state index is 0.0389. The van der Waals surface area contributed by atoms with Gasteiger partial charge in [0.25, 0.3) is 0 Å². The van der Waals surface area contributed by atoms with E-state index in [1.54, 1.807) is 0 Å². The zero-order chi connectivity index (χ0) is 11.2. The molecule has 0 aromatic rings. The van der Waals surface area contributed by atoms with E-state index in [-0.39, 0.29) is 12.6 Å². The molecule has 0 aromatic heterocycles. The number of rotatable bonds is 4. The van der Waals surface area contributed by atoms with Crippen molar-refractivity contribution in [3.63, 3.8) is 0 Å². The Kier molecular flexibility index (Phi) is 5.53. The van der Waals surface area contributed by atoms with Crippen molar-refractivity contribution < 1.29 is 14.6 Å². The Morgan fingerprint density at radius 1 is 1.50 bits per heavy atom. The SMILES string of the molecule is C[C@@H](CCCO)NC(=O)OC(C)(C)C. The molecule has 4 nitrogen and oxygen atoms in total. The maximum absolute atomic E-state index is 11.2. The lowest BCUT2D eigenvalue weighted by atomic mass is 10.2. The third-order valence-electron chi connectivity index (χ3n) is 1.56. The van der Waals surface area contributed by atoms with Gasteiger partial charge in [0, 0.05) is 12.6 Å². The lowest BCUT2D eigenvalue weighted by molar-refractivity contribution is 0.0504. The second-order valence-electron chi connectivity index (χ2n) is 4.41. The van der Waals surface area contributed by atoms with Crippen LogP contribution in [0, 0.1) is 0 Å². The summed E-state index contributed by atoms with van der Waals surface area (Å²) in [7, 11) is 0. The van der Waals surface area contributed by atoms with Gasteiger partial charge >= 0.3 is 6.09 Å². The van der Waals surface area contributed by atoms with Crippen LogP contribution in [0.4, 0.5) is 4.79 Å². The van der Waals surface area contributed by atoms with E-state index in [9.17, 15) is 4.79 Å². The molecule has 14 heavy (non-hydrogen) atoms. The molecule has 0 radical (unpaired) electrons. The number of nitrogens with one attached hydrogen (secondary N) is 1. The summed E-state index contributed by atoms with van der Waals surface area (Å²) in [5, 5.41) is 11.3. The average Bonchev–Trinajstić information content (AvgIpc) is 1.96. The van der Waals surface area contributed by atoms with Crippen LogP contribution in [0.25, 0.3) is 0 Å². The summed E-state index contributed by atoms with van der Waals surface area (Å²) in [5.74, 6) is 0. The average molecular weight is 203 g/mol. The van der Waals surface area contributed by atoms with Crippen molar-refractivity contribution in [2.45, 2.75) is 52.2 Å². The van der Waals surface area contributed by atoms with Gasteiger partial charge in [-0.25, -0.2) is 4.79 Å². The molecule has 4 heteroatoms. The van der Waals surface area contributed by atoms with Crippen LogP contribution in [-0.2, 0) is 4.74 Å². The van der Waals surface area contributed by atoms with Crippen LogP contribution in [0.1, 0.15) is 40.5 Å². The third kappa shape index (κ3) is 7.86. The van der Waals surface area contributed by atoms with Gasteiger partial charge in [0.05, 0.1) is 0 Å². The van der Waals surface area contributed by atoms with E-state index >= 15 is 0 Å². The number of carbonyl (C=O) groups excluding carboxylic acids is 1. The van der Waals surface area contributed by atoms with E-state index in [0.29, 0.717) is 6.42 Å². The molecule has 0 rings (SSSR count). The molecule has 0 unspecified atom stereocenters. The Balaban J connectivity index is 3.71. The molecule has 0 aliphatic rings. The zero-order valence-corrected chi connectivity index (χ0v) is 9.46.